The number of likely N-dealkylation sites (tertiary alicyclic amines) is 1. The summed E-state index contributed by atoms with van der Waals surface area (Å²) in [7, 11) is 0. The molecule has 110 valence electrons. The molecule has 0 bridgehead atoms. The molecule has 20 heavy (non-hydrogen) atoms. The second-order valence-corrected chi connectivity index (χ2v) is 5.67. The molecule has 4 heteroatoms. The van der Waals surface area contributed by atoms with Crippen LogP contribution >= 0.6 is 0 Å². The van der Waals surface area contributed by atoms with Gasteiger partial charge < -0.3 is 11.1 Å². The van der Waals surface area contributed by atoms with Crippen LogP contribution in [0.3, 0.4) is 0 Å². The average molecular weight is 275 g/mol. The molecule has 1 aliphatic rings. The second kappa shape index (κ2) is 7.41. The Bertz CT molecular complexity index is 422. The van der Waals surface area contributed by atoms with Crippen LogP contribution in [0.25, 0.3) is 0 Å². The maximum absolute atomic E-state index is 11.0. The van der Waals surface area contributed by atoms with Gasteiger partial charge in [0.2, 0.25) is 5.91 Å². The molecule has 0 spiro atoms. The van der Waals surface area contributed by atoms with E-state index < -0.39 is 0 Å². The van der Waals surface area contributed by atoms with Gasteiger partial charge in [0.1, 0.15) is 0 Å². The number of benzene rings is 1. The van der Waals surface area contributed by atoms with E-state index in [0.29, 0.717) is 0 Å². The standard InChI is InChI=1S/C16H25N3O/c1-13(20)18-16-4-2-15(3-5-16)12-19-10-7-14(6-9-17)8-11-19/h2-5,14H,6-12,17H2,1H3,(H,18,20). The fourth-order valence-electron chi connectivity index (χ4n) is 2.82. The third-order valence-corrected chi connectivity index (χ3v) is 3.96. The van der Waals surface area contributed by atoms with Crippen molar-refractivity contribution in [1.29, 1.82) is 0 Å². The largest absolute Gasteiger partial charge is 0.330 e. The van der Waals surface area contributed by atoms with Crippen molar-refractivity contribution in [1.82, 2.24) is 4.90 Å². The summed E-state index contributed by atoms with van der Waals surface area (Å²) in [6.07, 6.45) is 3.70. The van der Waals surface area contributed by atoms with Crippen molar-refractivity contribution in [3.63, 3.8) is 0 Å². The number of piperidine rings is 1. The van der Waals surface area contributed by atoms with Crippen molar-refractivity contribution in [3.8, 4) is 0 Å². The van der Waals surface area contributed by atoms with Crippen LogP contribution in [0, 0.1) is 5.92 Å². The van der Waals surface area contributed by atoms with Gasteiger partial charge in [-0.15, -0.1) is 0 Å². The smallest absolute Gasteiger partial charge is 0.221 e. The Balaban J connectivity index is 1.80. The number of hydrogen-bond donors (Lipinski definition) is 2. The highest BCUT2D eigenvalue weighted by Crippen LogP contribution is 2.21. The summed E-state index contributed by atoms with van der Waals surface area (Å²) in [6, 6.07) is 8.13. The first-order valence-corrected chi connectivity index (χ1v) is 7.46. The number of carbonyl (C=O) groups excluding carboxylic acids is 1. The number of nitrogens with two attached hydrogens (primary N) is 1. The number of amides is 1. The van der Waals surface area contributed by atoms with Gasteiger partial charge >= 0.3 is 0 Å². The van der Waals surface area contributed by atoms with Crippen LogP contribution < -0.4 is 11.1 Å². The Morgan fingerprint density at radius 1 is 1.30 bits per heavy atom. The first-order chi connectivity index (χ1) is 9.67. The minimum absolute atomic E-state index is 0.0280. The summed E-state index contributed by atoms with van der Waals surface area (Å²) in [4.78, 5) is 13.5. The minimum Gasteiger partial charge on any atom is -0.330 e. The Labute approximate surface area is 121 Å². The molecular weight excluding hydrogens is 250 g/mol. The van der Waals surface area contributed by atoms with E-state index in [9.17, 15) is 4.79 Å². The van der Waals surface area contributed by atoms with Gasteiger partial charge in [-0.2, -0.15) is 0 Å². The Morgan fingerprint density at radius 3 is 2.50 bits per heavy atom. The van der Waals surface area contributed by atoms with Gasteiger partial charge in [-0.05, 0) is 62.5 Å². The normalized spacial score (nSPS) is 17.1. The van der Waals surface area contributed by atoms with Gasteiger partial charge in [-0.1, -0.05) is 12.1 Å². The molecule has 0 atom stereocenters. The van der Waals surface area contributed by atoms with Crippen LogP contribution in [-0.2, 0) is 11.3 Å². The molecule has 1 heterocycles. The second-order valence-electron chi connectivity index (χ2n) is 5.67. The molecule has 0 saturated carbocycles. The lowest BCUT2D eigenvalue weighted by Gasteiger charge is -2.31. The molecule has 0 aliphatic carbocycles. The van der Waals surface area contributed by atoms with Gasteiger partial charge in [-0.3, -0.25) is 9.69 Å². The SMILES string of the molecule is CC(=O)Nc1ccc(CN2CCC(CCN)CC2)cc1. The van der Waals surface area contributed by atoms with E-state index in [1.54, 1.807) is 0 Å². The Hall–Kier alpha value is -1.39. The van der Waals surface area contributed by atoms with Crippen molar-refractivity contribution in [2.75, 3.05) is 25.0 Å². The maximum atomic E-state index is 11.0. The van der Waals surface area contributed by atoms with Gasteiger partial charge in [0.05, 0.1) is 0 Å². The quantitative estimate of drug-likeness (QED) is 0.866. The zero-order valence-electron chi connectivity index (χ0n) is 12.3. The van der Waals surface area contributed by atoms with Crippen LogP contribution in [0.15, 0.2) is 24.3 Å². The highest BCUT2D eigenvalue weighted by Gasteiger charge is 2.18. The van der Waals surface area contributed by atoms with Crippen LogP contribution in [0.4, 0.5) is 5.69 Å². The Kier molecular flexibility index (Phi) is 5.56. The number of anilines is 1. The van der Waals surface area contributed by atoms with Crippen LogP contribution in [-0.4, -0.2) is 30.4 Å². The van der Waals surface area contributed by atoms with Gasteiger partial charge in [0, 0.05) is 19.2 Å². The average Bonchev–Trinajstić information content (AvgIpc) is 2.43. The molecule has 2 rings (SSSR count). The lowest BCUT2D eigenvalue weighted by atomic mass is 9.93. The lowest BCUT2D eigenvalue weighted by molar-refractivity contribution is -0.114. The topological polar surface area (TPSA) is 58.4 Å². The highest BCUT2D eigenvalue weighted by molar-refractivity contribution is 5.88. The fraction of sp³-hybridized carbons (Fsp3) is 0.562. The molecular formula is C16H25N3O. The summed E-state index contributed by atoms with van der Waals surface area (Å²) < 4.78 is 0. The maximum Gasteiger partial charge on any atom is 0.221 e. The molecule has 1 aromatic carbocycles. The summed E-state index contributed by atoms with van der Waals surface area (Å²) in [5, 5.41) is 2.79. The van der Waals surface area contributed by atoms with Crippen molar-refractivity contribution in [2.24, 2.45) is 11.7 Å². The zero-order valence-corrected chi connectivity index (χ0v) is 12.3. The molecule has 0 unspecified atom stereocenters. The Morgan fingerprint density at radius 2 is 1.95 bits per heavy atom. The van der Waals surface area contributed by atoms with Gasteiger partial charge in [-0.25, -0.2) is 0 Å². The number of nitrogens with one attached hydrogen (secondary N) is 1. The predicted octanol–water partition coefficient (Wildman–Crippen LogP) is 2.21. The van der Waals surface area contributed by atoms with Crippen molar-refractivity contribution >= 4 is 11.6 Å². The molecule has 1 amide bonds. The fourth-order valence-corrected chi connectivity index (χ4v) is 2.82. The number of carbonyl (C=O) groups is 1. The number of hydrogen-bond acceptors (Lipinski definition) is 3. The van der Waals surface area contributed by atoms with E-state index >= 15 is 0 Å². The number of rotatable bonds is 5. The van der Waals surface area contributed by atoms with Crippen molar-refractivity contribution < 1.29 is 4.79 Å². The third kappa shape index (κ3) is 4.62. The van der Waals surface area contributed by atoms with E-state index in [2.05, 4.69) is 22.3 Å². The molecule has 3 N–H and O–H groups in total. The number of nitrogens with zero attached hydrogens (tertiary/aromatic N) is 1. The van der Waals surface area contributed by atoms with Crippen LogP contribution in [0.1, 0.15) is 31.7 Å². The molecule has 0 aromatic heterocycles. The summed E-state index contributed by atoms with van der Waals surface area (Å²) in [5.41, 5.74) is 7.79. The summed E-state index contributed by atoms with van der Waals surface area (Å²) in [6.45, 7) is 5.67. The lowest BCUT2D eigenvalue weighted by Crippen LogP contribution is -2.33. The van der Waals surface area contributed by atoms with Crippen molar-refractivity contribution in [3.05, 3.63) is 29.8 Å². The van der Waals surface area contributed by atoms with Crippen LogP contribution in [0.2, 0.25) is 0 Å². The highest BCUT2D eigenvalue weighted by atomic mass is 16.1. The predicted molar refractivity (Wildman–Crippen MR) is 82.4 cm³/mol. The molecule has 1 saturated heterocycles. The van der Waals surface area contributed by atoms with E-state index in [-0.39, 0.29) is 5.91 Å². The van der Waals surface area contributed by atoms with Gasteiger partial charge in [0.15, 0.2) is 0 Å². The molecule has 1 aliphatic heterocycles. The summed E-state index contributed by atoms with van der Waals surface area (Å²) >= 11 is 0. The minimum atomic E-state index is -0.0280. The molecule has 0 radical (unpaired) electrons. The first kappa shape index (κ1) is 15.0. The third-order valence-electron chi connectivity index (χ3n) is 3.96. The van der Waals surface area contributed by atoms with Crippen molar-refractivity contribution in [2.45, 2.75) is 32.7 Å². The monoisotopic (exact) mass is 275 g/mol. The van der Waals surface area contributed by atoms with Gasteiger partial charge in [0.25, 0.3) is 0 Å². The summed E-state index contributed by atoms with van der Waals surface area (Å²) in [5.74, 6) is 0.790. The zero-order chi connectivity index (χ0) is 14.4. The van der Waals surface area contributed by atoms with E-state index in [4.69, 9.17) is 5.73 Å². The van der Waals surface area contributed by atoms with E-state index in [1.807, 2.05) is 12.1 Å². The van der Waals surface area contributed by atoms with Crippen LogP contribution in [0.5, 0.6) is 0 Å². The first-order valence-electron chi connectivity index (χ1n) is 7.46. The molecule has 4 nitrogen and oxygen atoms in total. The van der Waals surface area contributed by atoms with E-state index in [0.717, 1.165) is 37.8 Å². The molecule has 1 fully saturated rings. The molecule has 1 aromatic rings. The van der Waals surface area contributed by atoms with E-state index in [1.165, 1.54) is 31.7 Å².